The predicted molar refractivity (Wildman–Crippen MR) is 86.3 cm³/mol. The van der Waals surface area contributed by atoms with Gasteiger partial charge in [0.2, 0.25) is 0 Å². The number of aliphatic hydroxyl groups is 1. The normalized spacial score (nSPS) is 21.1. The van der Waals surface area contributed by atoms with Crippen molar-refractivity contribution in [1.29, 1.82) is 5.26 Å². The van der Waals surface area contributed by atoms with Gasteiger partial charge in [-0.3, -0.25) is 9.78 Å². The fraction of sp³-hybridized carbons (Fsp3) is 0.278. The highest BCUT2D eigenvalue weighted by molar-refractivity contribution is 5.92. The second-order valence-corrected chi connectivity index (χ2v) is 6.18. The molecule has 1 aromatic carbocycles. The van der Waals surface area contributed by atoms with Crippen LogP contribution in [0.1, 0.15) is 41.6 Å². The lowest BCUT2D eigenvalue weighted by atomic mass is 9.85. The number of rotatable bonds is 2. The number of benzene rings is 1. The van der Waals surface area contributed by atoms with E-state index in [1.807, 2.05) is 6.07 Å². The summed E-state index contributed by atoms with van der Waals surface area (Å²) < 4.78 is 5.93. The molecule has 1 unspecified atom stereocenters. The standard InChI is InChI=1S/C18H17N3O3/c1-18(2)16(21-17(23)13-5-3-4-8-20-13)15(22)12-9-11(10-19)6-7-14(12)24-18/h3-9,15-16,22H,1-2H3,(H,21,23)/t15?,16-/m1/s1. The number of hydrogen-bond acceptors (Lipinski definition) is 5. The number of pyridine rings is 1. The number of amides is 1. The molecule has 0 saturated carbocycles. The van der Waals surface area contributed by atoms with Gasteiger partial charge >= 0.3 is 0 Å². The number of aliphatic hydroxyl groups excluding tert-OH is 1. The molecule has 0 bridgehead atoms. The Balaban J connectivity index is 1.92. The van der Waals surface area contributed by atoms with Crippen LogP contribution >= 0.6 is 0 Å². The Hall–Kier alpha value is -2.91. The molecule has 6 nitrogen and oxygen atoms in total. The molecule has 3 rings (SSSR count). The molecule has 2 atom stereocenters. The smallest absolute Gasteiger partial charge is 0.270 e. The van der Waals surface area contributed by atoms with Crippen LogP contribution in [-0.4, -0.2) is 27.6 Å². The molecular weight excluding hydrogens is 306 g/mol. The van der Waals surface area contributed by atoms with Crippen LogP contribution in [0.5, 0.6) is 5.75 Å². The van der Waals surface area contributed by atoms with Gasteiger partial charge in [0.15, 0.2) is 0 Å². The monoisotopic (exact) mass is 323 g/mol. The molecule has 2 heterocycles. The Morgan fingerprint density at radius 2 is 2.17 bits per heavy atom. The maximum Gasteiger partial charge on any atom is 0.270 e. The zero-order chi connectivity index (χ0) is 17.3. The van der Waals surface area contributed by atoms with Gasteiger partial charge < -0.3 is 15.2 Å². The average molecular weight is 323 g/mol. The van der Waals surface area contributed by atoms with Gasteiger partial charge in [0.1, 0.15) is 23.1 Å². The van der Waals surface area contributed by atoms with Gasteiger partial charge in [-0.05, 0) is 44.2 Å². The van der Waals surface area contributed by atoms with Crippen molar-refractivity contribution < 1.29 is 14.6 Å². The highest BCUT2D eigenvalue weighted by Crippen LogP contribution is 2.40. The van der Waals surface area contributed by atoms with E-state index in [0.29, 0.717) is 16.9 Å². The first-order valence-corrected chi connectivity index (χ1v) is 7.55. The van der Waals surface area contributed by atoms with Crippen molar-refractivity contribution in [1.82, 2.24) is 10.3 Å². The number of ether oxygens (including phenoxy) is 1. The molecule has 1 aromatic heterocycles. The summed E-state index contributed by atoms with van der Waals surface area (Å²) in [5, 5.41) is 22.6. The lowest BCUT2D eigenvalue weighted by Gasteiger charge is -2.43. The Bertz CT molecular complexity index is 812. The highest BCUT2D eigenvalue weighted by atomic mass is 16.5. The summed E-state index contributed by atoms with van der Waals surface area (Å²) in [6.45, 7) is 3.58. The van der Waals surface area contributed by atoms with E-state index in [1.165, 1.54) is 6.20 Å². The van der Waals surface area contributed by atoms with Crippen LogP contribution in [0.15, 0.2) is 42.6 Å². The van der Waals surface area contributed by atoms with Crippen molar-refractivity contribution in [2.75, 3.05) is 0 Å². The number of aromatic nitrogens is 1. The molecule has 2 aromatic rings. The predicted octanol–water partition coefficient (Wildman–Crippen LogP) is 1.96. The van der Waals surface area contributed by atoms with E-state index in [0.717, 1.165) is 0 Å². The zero-order valence-electron chi connectivity index (χ0n) is 13.4. The summed E-state index contributed by atoms with van der Waals surface area (Å²) >= 11 is 0. The van der Waals surface area contributed by atoms with Crippen molar-refractivity contribution in [3.8, 4) is 11.8 Å². The first-order valence-electron chi connectivity index (χ1n) is 7.55. The Morgan fingerprint density at radius 3 is 2.83 bits per heavy atom. The molecule has 6 heteroatoms. The zero-order valence-corrected chi connectivity index (χ0v) is 13.4. The molecule has 2 N–H and O–H groups in total. The SMILES string of the molecule is CC1(C)Oc2ccc(C#N)cc2C(O)[C@H]1NC(=O)c1ccccn1. The molecule has 0 aliphatic carbocycles. The molecule has 0 saturated heterocycles. The fourth-order valence-corrected chi connectivity index (χ4v) is 2.81. The number of nitriles is 1. The number of nitrogens with one attached hydrogen (secondary N) is 1. The van der Waals surface area contributed by atoms with Crippen molar-refractivity contribution in [2.24, 2.45) is 0 Å². The summed E-state index contributed by atoms with van der Waals surface area (Å²) in [5.74, 6) is 0.117. The van der Waals surface area contributed by atoms with Crippen LogP contribution in [-0.2, 0) is 0 Å². The Morgan fingerprint density at radius 1 is 1.38 bits per heavy atom. The van der Waals surface area contributed by atoms with E-state index in [9.17, 15) is 9.90 Å². The molecular formula is C18H17N3O3. The van der Waals surface area contributed by atoms with Gasteiger partial charge in [-0.1, -0.05) is 6.07 Å². The van der Waals surface area contributed by atoms with E-state index >= 15 is 0 Å². The van der Waals surface area contributed by atoms with E-state index in [1.54, 1.807) is 50.2 Å². The van der Waals surface area contributed by atoms with Crippen molar-refractivity contribution in [2.45, 2.75) is 31.6 Å². The van der Waals surface area contributed by atoms with Crippen LogP contribution in [0, 0.1) is 11.3 Å². The number of hydrogen-bond donors (Lipinski definition) is 2. The maximum absolute atomic E-state index is 12.4. The van der Waals surface area contributed by atoms with Crippen LogP contribution in [0.3, 0.4) is 0 Å². The molecule has 1 aliphatic heterocycles. The number of carbonyl (C=O) groups excluding carboxylic acids is 1. The lowest BCUT2D eigenvalue weighted by molar-refractivity contribution is -0.0253. The number of fused-ring (bicyclic) bond motifs is 1. The molecule has 24 heavy (non-hydrogen) atoms. The van der Waals surface area contributed by atoms with Crippen LogP contribution in [0.2, 0.25) is 0 Å². The minimum atomic E-state index is -0.996. The molecule has 0 radical (unpaired) electrons. The van der Waals surface area contributed by atoms with Gasteiger partial charge in [-0.2, -0.15) is 5.26 Å². The Labute approximate surface area is 139 Å². The topological polar surface area (TPSA) is 95.2 Å². The van der Waals surface area contributed by atoms with Gasteiger partial charge in [-0.15, -0.1) is 0 Å². The fourth-order valence-electron chi connectivity index (χ4n) is 2.81. The summed E-state index contributed by atoms with van der Waals surface area (Å²) in [6.07, 6.45) is 0.534. The van der Waals surface area contributed by atoms with E-state index < -0.39 is 23.7 Å². The number of carbonyl (C=O) groups is 1. The quantitative estimate of drug-likeness (QED) is 0.881. The van der Waals surface area contributed by atoms with E-state index in [-0.39, 0.29) is 5.69 Å². The lowest BCUT2D eigenvalue weighted by Crippen LogP contribution is -2.57. The molecule has 0 spiro atoms. The van der Waals surface area contributed by atoms with Gasteiger partial charge in [0, 0.05) is 11.8 Å². The third-order valence-corrected chi connectivity index (χ3v) is 4.08. The minimum absolute atomic E-state index is 0.261. The molecule has 1 aliphatic rings. The summed E-state index contributed by atoms with van der Waals surface area (Å²) in [4.78, 5) is 16.4. The second kappa shape index (κ2) is 5.95. The van der Waals surface area contributed by atoms with Crippen LogP contribution in [0.4, 0.5) is 0 Å². The first-order chi connectivity index (χ1) is 11.4. The van der Waals surface area contributed by atoms with Crippen molar-refractivity contribution in [3.05, 3.63) is 59.4 Å². The largest absolute Gasteiger partial charge is 0.485 e. The average Bonchev–Trinajstić information content (AvgIpc) is 2.58. The van der Waals surface area contributed by atoms with E-state index in [4.69, 9.17) is 10.00 Å². The highest BCUT2D eigenvalue weighted by Gasteiger charge is 2.44. The summed E-state index contributed by atoms with van der Waals surface area (Å²) in [7, 11) is 0. The third-order valence-electron chi connectivity index (χ3n) is 4.08. The second-order valence-electron chi connectivity index (χ2n) is 6.18. The van der Waals surface area contributed by atoms with E-state index in [2.05, 4.69) is 10.3 Å². The van der Waals surface area contributed by atoms with Gasteiger partial charge in [0.25, 0.3) is 5.91 Å². The van der Waals surface area contributed by atoms with Gasteiger partial charge in [0.05, 0.1) is 17.7 Å². The molecule has 1 amide bonds. The van der Waals surface area contributed by atoms with Gasteiger partial charge in [-0.25, -0.2) is 0 Å². The van der Waals surface area contributed by atoms with Crippen molar-refractivity contribution >= 4 is 5.91 Å². The van der Waals surface area contributed by atoms with Crippen molar-refractivity contribution in [3.63, 3.8) is 0 Å². The van der Waals surface area contributed by atoms with Crippen LogP contribution < -0.4 is 10.1 Å². The number of nitrogens with zero attached hydrogens (tertiary/aromatic N) is 2. The first kappa shape index (κ1) is 16.0. The third kappa shape index (κ3) is 2.82. The maximum atomic E-state index is 12.4. The molecule has 0 fully saturated rings. The molecule has 122 valence electrons. The Kier molecular flexibility index (Phi) is 3.96. The summed E-state index contributed by atoms with van der Waals surface area (Å²) in [5.41, 5.74) is 0.341. The minimum Gasteiger partial charge on any atom is -0.485 e. The summed E-state index contributed by atoms with van der Waals surface area (Å²) in [6, 6.07) is 11.3. The van der Waals surface area contributed by atoms with Crippen LogP contribution in [0.25, 0.3) is 0 Å².